The highest BCUT2D eigenvalue weighted by atomic mass is 127. The van der Waals surface area contributed by atoms with E-state index in [1.54, 1.807) is 6.20 Å². The lowest BCUT2D eigenvalue weighted by Gasteiger charge is -2.01. The second-order valence-corrected chi connectivity index (χ2v) is 4.77. The van der Waals surface area contributed by atoms with E-state index in [4.69, 9.17) is 0 Å². The molecule has 0 aliphatic heterocycles. The van der Waals surface area contributed by atoms with Gasteiger partial charge in [-0.3, -0.25) is 9.78 Å². The summed E-state index contributed by atoms with van der Waals surface area (Å²) in [7, 11) is 0. The first-order chi connectivity index (χ1) is 7.66. The molecule has 0 aliphatic carbocycles. The Kier molecular flexibility index (Phi) is 3.33. The van der Waals surface area contributed by atoms with Gasteiger partial charge < -0.3 is 0 Å². The van der Waals surface area contributed by atoms with Crippen molar-refractivity contribution in [3.8, 4) is 0 Å². The summed E-state index contributed by atoms with van der Waals surface area (Å²) in [4.78, 5) is 16.1. The summed E-state index contributed by atoms with van der Waals surface area (Å²) in [6.07, 6.45) is 1.62. The minimum absolute atomic E-state index is 0.0175. The molecule has 2 rings (SSSR count). The van der Waals surface area contributed by atoms with Crippen LogP contribution in [0.4, 0.5) is 0 Å². The van der Waals surface area contributed by atoms with Crippen LogP contribution in [0.5, 0.6) is 0 Å². The lowest BCUT2D eigenvalue weighted by Crippen LogP contribution is -2.01. The molecular formula is C13H10INO. The van der Waals surface area contributed by atoms with E-state index < -0.39 is 0 Å². The number of rotatable bonds is 2. The summed E-state index contributed by atoms with van der Waals surface area (Å²) in [5.74, 6) is 0.0175. The molecule has 0 bridgehead atoms. The Bertz CT molecular complexity index is 455. The zero-order valence-corrected chi connectivity index (χ0v) is 10.9. The SMILES string of the molecule is Cc1ccc(C(=O)c2ccc(I)cc2)cn1. The predicted octanol–water partition coefficient (Wildman–Crippen LogP) is 3.23. The number of ketones is 1. The fraction of sp³-hybridized carbons (Fsp3) is 0.0769. The number of hydrogen-bond acceptors (Lipinski definition) is 2. The molecule has 16 heavy (non-hydrogen) atoms. The number of carbonyl (C=O) groups excluding carboxylic acids is 1. The minimum Gasteiger partial charge on any atom is -0.289 e. The summed E-state index contributed by atoms with van der Waals surface area (Å²) < 4.78 is 1.12. The third-order valence-corrected chi connectivity index (χ3v) is 3.00. The molecule has 0 fully saturated rings. The Morgan fingerprint density at radius 1 is 1.06 bits per heavy atom. The minimum atomic E-state index is 0.0175. The van der Waals surface area contributed by atoms with Gasteiger partial charge in [0, 0.05) is 26.6 Å². The molecule has 80 valence electrons. The molecule has 2 aromatic rings. The quantitative estimate of drug-likeness (QED) is 0.627. The van der Waals surface area contributed by atoms with E-state index in [0.29, 0.717) is 11.1 Å². The van der Waals surface area contributed by atoms with Gasteiger partial charge in [-0.2, -0.15) is 0 Å². The first-order valence-electron chi connectivity index (χ1n) is 4.90. The Balaban J connectivity index is 2.32. The second-order valence-electron chi connectivity index (χ2n) is 3.52. The van der Waals surface area contributed by atoms with Crippen LogP contribution in [-0.2, 0) is 0 Å². The summed E-state index contributed by atoms with van der Waals surface area (Å²) in [5.41, 5.74) is 2.25. The van der Waals surface area contributed by atoms with Gasteiger partial charge in [0.2, 0.25) is 0 Å². The fourth-order valence-corrected chi connectivity index (χ4v) is 1.73. The van der Waals surface area contributed by atoms with Crippen LogP contribution in [0.25, 0.3) is 0 Å². The van der Waals surface area contributed by atoms with E-state index in [0.717, 1.165) is 9.26 Å². The van der Waals surface area contributed by atoms with Crippen molar-refractivity contribution in [2.24, 2.45) is 0 Å². The summed E-state index contributed by atoms with van der Waals surface area (Å²) in [5, 5.41) is 0. The highest BCUT2D eigenvalue weighted by molar-refractivity contribution is 14.1. The molecule has 0 N–H and O–H groups in total. The molecule has 1 heterocycles. The maximum absolute atomic E-state index is 12.0. The number of nitrogens with zero attached hydrogens (tertiary/aromatic N) is 1. The van der Waals surface area contributed by atoms with Crippen LogP contribution in [0.1, 0.15) is 21.6 Å². The lowest BCUT2D eigenvalue weighted by atomic mass is 10.1. The first kappa shape index (κ1) is 11.3. The number of halogens is 1. The first-order valence-corrected chi connectivity index (χ1v) is 5.97. The van der Waals surface area contributed by atoms with Gasteiger partial charge in [0.15, 0.2) is 5.78 Å². The molecule has 0 spiro atoms. The Hall–Kier alpha value is -1.23. The van der Waals surface area contributed by atoms with Crippen molar-refractivity contribution in [2.45, 2.75) is 6.92 Å². The predicted molar refractivity (Wildman–Crippen MR) is 71.6 cm³/mol. The van der Waals surface area contributed by atoms with Crippen LogP contribution in [0.3, 0.4) is 0 Å². The van der Waals surface area contributed by atoms with E-state index in [2.05, 4.69) is 27.6 Å². The Morgan fingerprint density at radius 2 is 1.69 bits per heavy atom. The van der Waals surface area contributed by atoms with Gasteiger partial charge in [0.05, 0.1) is 0 Å². The standard InChI is InChI=1S/C13H10INO/c1-9-2-3-11(8-15-9)13(16)10-4-6-12(14)7-5-10/h2-8H,1H3. The van der Waals surface area contributed by atoms with E-state index in [1.807, 2.05) is 43.3 Å². The molecule has 0 atom stereocenters. The smallest absolute Gasteiger partial charge is 0.194 e. The van der Waals surface area contributed by atoms with Crippen molar-refractivity contribution >= 4 is 28.4 Å². The number of aryl methyl sites for hydroxylation is 1. The van der Waals surface area contributed by atoms with E-state index >= 15 is 0 Å². The highest BCUT2D eigenvalue weighted by Gasteiger charge is 2.08. The molecule has 0 radical (unpaired) electrons. The molecule has 0 saturated carbocycles. The monoisotopic (exact) mass is 323 g/mol. The molecule has 0 unspecified atom stereocenters. The Morgan fingerprint density at radius 3 is 2.25 bits per heavy atom. The van der Waals surface area contributed by atoms with Crippen LogP contribution in [-0.4, -0.2) is 10.8 Å². The number of benzene rings is 1. The van der Waals surface area contributed by atoms with Crippen molar-refractivity contribution in [3.05, 3.63) is 63.0 Å². The van der Waals surface area contributed by atoms with E-state index in [-0.39, 0.29) is 5.78 Å². The summed E-state index contributed by atoms with van der Waals surface area (Å²) >= 11 is 2.22. The molecule has 1 aromatic carbocycles. The molecular weight excluding hydrogens is 313 g/mol. The highest BCUT2D eigenvalue weighted by Crippen LogP contribution is 2.11. The van der Waals surface area contributed by atoms with Crippen molar-refractivity contribution in [1.29, 1.82) is 0 Å². The van der Waals surface area contributed by atoms with Crippen molar-refractivity contribution in [1.82, 2.24) is 4.98 Å². The maximum atomic E-state index is 12.0. The summed E-state index contributed by atoms with van der Waals surface area (Å²) in [6.45, 7) is 1.90. The number of aromatic nitrogens is 1. The van der Waals surface area contributed by atoms with Gasteiger partial charge >= 0.3 is 0 Å². The van der Waals surface area contributed by atoms with Crippen LogP contribution < -0.4 is 0 Å². The zero-order valence-electron chi connectivity index (χ0n) is 8.77. The van der Waals surface area contributed by atoms with Crippen molar-refractivity contribution < 1.29 is 4.79 Å². The molecule has 0 aliphatic rings. The van der Waals surface area contributed by atoms with E-state index in [9.17, 15) is 4.79 Å². The van der Waals surface area contributed by atoms with Crippen LogP contribution in [0, 0.1) is 10.5 Å². The second kappa shape index (κ2) is 4.74. The Labute approximate surface area is 108 Å². The fourth-order valence-electron chi connectivity index (χ4n) is 1.37. The van der Waals surface area contributed by atoms with Crippen LogP contribution >= 0.6 is 22.6 Å². The van der Waals surface area contributed by atoms with E-state index in [1.165, 1.54) is 0 Å². The van der Waals surface area contributed by atoms with Gasteiger partial charge in [-0.05, 0) is 65.9 Å². The van der Waals surface area contributed by atoms with Gasteiger partial charge in [0.25, 0.3) is 0 Å². The van der Waals surface area contributed by atoms with Crippen LogP contribution in [0.15, 0.2) is 42.6 Å². The molecule has 0 amide bonds. The lowest BCUT2D eigenvalue weighted by molar-refractivity contribution is 0.103. The molecule has 3 heteroatoms. The zero-order chi connectivity index (χ0) is 11.5. The van der Waals surface area contributed by atoms with Gasteiger partial charge in [-0.1, -0.05) is 0 Å². The normalized spacial score (nSPS) is 10.1. The summed E-state index contributed by atoms with van der Waals surface area (Å²) in [6, 6.07) is 11.2. The van der Waals surface area contributed by atoms with Gasteiger partial charge in [-0.25, -0.2) is 0 Å². The number of carbonyl (C=O) groups is 1. The maximum Gasteiger partial charge on any atom is 0.194 e. The largest absolute Gasteiger partial charge is 0.289 e. The van der Waals surface area contributed by atoms with Gasteiger partial charge in [-0.15, -0.1) is 0 Å². The molecule has 1 aromatic heterocycles. The van der Waals surface area contributed by atoms with Gasteiger partial charge in [0.1, 0.15) is 0 Å². The van der Waals surface area contributed by atoms with Crippen molar-refractivity contribution in [3.63, 3.8) is 0 Å². The van der Waals surface area contributed by atoms with Crippen molar-refractivity contribution in [2.75, 3.05) is 0 Å². The average molecular weight is 323 g/mol. The molecule has 2 nitrogen and oxygen atoms in total. The average Bonchev–Trinajstić information content (AvgIpc) is 2.30. The number of hydrogen-bond donors (Lipinski definition) is 0. The number of pyridine rings is 1. The van der Waals surface area contributed by atoms with Crippen LogP contribution in [0.2, 0.25) is 0 Å². The third-order valence-electron chi connectivity index (χ3n) is 2.28. The third kappa shape index (κ3) is 2.47. The molecule has 0 saturated heterocycles. The topological polar surface area (TPSA) is 30.0 Å².